The fourth-order valence-electron chi connectivity index (χ4n) is 1.73. The zero-order valence-electron chi connectivity index (χ0n) is 11.0. The molecule has 5 nitrogen and oxygen atoms in total. The van der Waals surface area contributed by atoms with Gasteiger partial charge in [0, 0.05) is 22.5 Å². The highest BCUT2D eigenvalue weighted by Gasteiger charge is 2.19. The number of aryl methyl sites for hydroxylation is 1. The quantitative estimate of drug-likeness (QED) is 0.937. The van der Waals surface area contributed by atoms with E-state index in [4.69, 9.17) is 27.7 Å². The molecule has 0 aliphatic carbocycles. The Balaban J connectivity index is 2.17. The van der Waals surface area contributed by atoms with Crippen LogP contribution >= 0.6 is 23.2 Å². The molecule has 0 fully saturated rings. The van der Waals surface area contributed by atoms with Crippen LogP contribution in [0.3, 0.4) is 0 Å². The van der Waals surface area contributed by atoms with E-state index >= 15 is 0 Å². The molecule has 0 aliphatic heterocycles. The highest BCUT2D eigenvalue weighted by Crippen LogP contribution is 2.20. The van der Waals surface area contributed by atoms with Crippen molar-refractivity contribution >= 4 is 29.1 Å². The number of hydrogen-bond acceptors (Lipinski definition) is 4. The van der Waals surface area contributed by atoms with E-state index in [0.717, 1.165) is 0 Å². The topological polar surface area (TPSA) is 68.0 Å². The fourth-order valence-corrected chi connectivity index (χ4v) is 2.26. The second-order valence-corrected chi connectivity index (χ2v) is 5.14. The molecule has 0 spiro atoms. The molecular formula is C13H13Cl2N3O2. The van der Waals surface area contributed by atoms with Gasteiger partial charge in [-0.1, -0.05) is 35.3 Å². The van der Waals surface area contributed by atoms with Gasteiger partial charge in [-0.3, -0.25) is 4.79 Å². The maximum atomic E-state index is 12.2. The number of hydrogen-bond donors (Lipinski definition) is 1. The Morgan fingerprint density at radius 3 is 2.50 bits per heavy atom. The SMILES string of the molecule is CCC(NC(=O)c1cc(Cl)cc(Cl)c1)c1noc(C)n1. The second-order valence-electron chi connectivity index (χ2n) is 4.26. The third-order valence-electron chi connectivity index (χ3n) is 2.69. The molecule has 0 saturated carbocycles. The van der Waals surface area contributed by atoms with Crippen molar-refractivity contribution in [3.05, 3.63) is 45.5 Å². The zero-order valence-corrected chi connectivity index (χ0v) is 12.5. The summed E-state index contributed by atoms with van der Waals surface area (Å²) in [7, 11) is 0. The molecule has 1 aromatic carbocycles. The van der Waals surface area contributed by atoms with Crippen LogP contribution in [0.2, 0.25) is 10.0 Å². The molecule has 1 amide bonds. The normalized spacial score (nSPS) is 12.2. The average Bonchev–Trinajstić information content (AvgIpc) is 2.81. The molecule has 2 rings (SSSR count). The van der Waals surface area contributed by atoms with Gasteiger partial charge in [-0.15, -0.1) is 0 Å². The minimum Gasteiger partial charge on any atom is -0.342 e. The number of amides is 1. The van der Waals surface area contributed by atoms with Crippen LogP contribution in [0.5, 0.6) is 0 Å². The predicted octanol–water partition coefficient (Wildman–Crippen LogP) is 3.57. The summed E-state index contributed by atoms with van der Waals surface area (Å²) in [4.78, 5) is 16.3. The lowest BCUT2D eigenvalue weighted by Crippen LogP contribution is -2.28. The van der Waals surface area contributed by atoms with Crippen molar-refractivity contribution in [2.45, 2.75) is 26.3 Å². The molecule has 0 bridgehead atoms. The van der Waals surface area contributed by atoms with Crippen LogP contribution in [0.4, 0.5) is 0 Å². The highest BCUT2D eigenvalue weighted by molar-refractivity contribution is 6.35. The number of nitrogens with zero attached hydrogens (tertiary/aromatic N) is 2. The molecule has 0 radical (unpaired) electrons. The van der Waals surface area contributed by atoms with Crippen molar-refractivity contribution in [1.82, 2.24) is 15.5 Å². The van der Waals surface area contributed by atoms with E-state index in [-0.39, 0.29) is 11.9 Å². The summed E-state index contributed by atoms with van der Waals surface area (Å²) >= 11 is 11.8. The second kappa shape index (κ2) is 6.24. The minimum atomic E-state index is -0.322. The van der Waals surface area contributed by atoms with Crippen LogP contribution in [0.15, 0.2) is 22.7 Å². The monoisotopic (exact) mass is 313 g/mol. The molecule has 7 heteroatoms. The molecule has 1 N–H and O–H groups in total. The molecular weight excluding hydrogens is 301 g/mol. The highest BCUT2D eigenvalue weighted by atomic mass is 35.5. The van der Waals surface area contributed by atoms with E-state index in [9.17, 15) is 4.79 Å². The van der Waals surface area contributed by atoms with Gasteiger partial charge in [0.1, 0.15) is 0 Å². The Morgan fingerprint density at radius 1 is 1.35 bits per heavy atom. The van der Waals surface area contributed by atoms with Crippen LogP contribution < -0.4 is 5.32 Å². The Bertz CT molecular complexity index is 608. The van der Waals surface area contributed by atoms with Crippen molar-refractivity contribution in [1.29, 1.82) is 0 Å². The van der Waals surface area contributed by atoms with Crippen molar-refractivity contribution in [3.8, 4) is 0 Å². The van der Waals surface area contributed by atoms with Crippen molar-refractivity contribution in [2.24, 2.45) is 0 Å². The zero-order chi connectivity index (χ0) is 14.7. The first kappa shape index (κ1) is 14.8. The molecule has 1 unspecified atom stereocenters. The van der Waals surface area contributed by atoms with Gasteiger partial charge in [-0.25, -0.2) is 0 Å². The Morgan fingerprint density at radius 2 is 2.00 bits per heavy atom. The van der Waals surface area contributed by atoms with Gasteiger partial charge >= 0.3 is 0 Å². The molecule has 20 heavy (non-hydrogen) atoms. The van der Waals surface area contributed by atoms with E-state index in [1.807, 2.05) is 6.92 Å². The fraction of sp³-hybridized carbons (Fsp3) is 0.308. The Hall–Kier alpha value is -1.59. The number of carbonyl (C=O) groups is 1. The maximum absolute atomic E-state index is 12.2. The first-order valence-electron chi connectivity index (χ1n) is 6.06. The Labute approximate surface area is 126 Å². The van der Waals surface area contributed by atoms with Gasteiger partial charge in [0.15, 0.2) is 5.82 Å². The lowest BCUT2D eigenvalue weighted by molar-refractivity contribution is 0.0933. The van der Waals surface area contributed by atoms with E-state index in [1.165, 1.54) is 0 Å². The first-order chi connectivity index (χ1) is 9.49. The van der Waals surface area contributed by atoms with Crippen LogP contribution in [-0.2, 0) is 0 Å². The van der Waals surface area contributed by atoms with Gasteiger partial charge in [-0.05, 0) is 24.6 Å². The smallest absolute Gasteiger partial charge is 0.251 e. The summed E-state index contributed by atoms with van der Waals surface area (Å²) in [5, 5.41) is 7.46. The number of benzene rings is 1. The standard InChI is InChI=1S/C13H13Cl2N3O2/c1-3-11(12-16-7(2)20-18-12)17-13(19)8-4-9(14)6-10(15)5-8/h4-6,11H,3H2,1-2H3,(H,17,19). The van der Waals surface area contributed by atoms with E-state index in [1.54, 1.807) is 25.1 Å². The molecule has 2 aromatic rings. The van der Waals surface area contributed by atoms with Gasteiger partial charge in [0.25, 0.3) is 5.91 Å². The lowest BCUT2D eigenvalue weighted by atomic mass is 10.1. The number of halogens is 2. The van der Waals surface area contributed by atoms with E-state index < -0.39 is 0 Å². The van der Waals surface area contributed by atoms with Crippen LogP contribution in [-0.4, -0.2) is 16.0 Å². The lowest BCUT2D eigenvalue weighted by Gasteiger charge is -2.13. The largest absolute Gasteiger partial charge is 0.342 e. The molecule has 106 valence electrons. The summed E-state index contributed by atoms with van der Waals surface area (Å²) in [6.07, 6.45) is 0.638. The number of aromatic nitrogens is 2. The minimum absolute atomic E-state index is 0.288. The van der Waals surface area contributed by atoms with Crippen LogP contribution in [0, 0.1) is 6.92 Å². The Kier molecular flexibility index (Phi) is 4.62. The van der Waals surface area contributed by atoms with Gasteiger partial charge in [-0.2, -0.15) is 4.98 Å². The summed E-state index contributed by atoms with van der Waals surface area (Å²) in [5.41, 5.74) is 0.390. The van der Waals surface area contributed by atoms with E-state index in [0.29, 0.717) is 33.7 Å². The number of rotatable bonds is 4. The summed E-state index contributed by atoms with van der Waals surface area (Å²) in [5.74, 6) is 0.619. The average molecular weight is 314 g/mol. The van der Waals surface area contributed by atoms with Gasteiger partial charge < -0.3 is 9.84 Å². The number of nitrogens with one attached hydrogen (secondary N) is 1. The van der Waals surface area contributed by atoms with Crippen LogP contribution in [0.25, 0.3) is 0 Å². The molecule has 1 aromatic heterocycles. The van der Waals surface area contributed by atoms with Crippen molar-refractivity contribution < 1.29 is 9.32 Å². The van der Waals surface area contributed by atoms with Gasteiger partial charge in [0.05, 0.1) is 6.04 Å². The third kappa shape index (κ3) is 3.49. The summed E-state index contributed by atoms with van der Waals surface area (Å²) in [6, 6.07) is 4.35. The molecule has 0 aliphatic rings. The van der Waals surface area contributed by atoms with Gasteiger partial charge in [0.2, 0.25) is 5.89 Å². The van der Waals surface area contributed by atoms with E-state index in [2.05, 4.69) is 15.5 Å². The number of carbonyl (C=O) groups excluding carboxylic acids is 1. The van der Waals surface area contributed by atoms with Crippen molar-refractivity contribution in [3.63, 3.8) is 0 Å². The molecule has 1 heterocycles. The first-order valence-corrected chi connectivity index (χ1v) is 6.82. The summed E-state index contributed by atoms with van der Waals surface area (Å²) < 4.78 is 4.92. The molecule has 1 atom stereocenters. The third-order valence-corrected chi connectivity index (χ3v) is 3.13. The predicted molar refractivity (Wildman–Crippen MR) is 76.0 cm³/mol. The maximum Gasteiger partial charge on any atom is 0.251 e. The molecule has 0 saturated heterocycles. The van der Waals surface area contributed by atoms with Crippen LogP contribution in [0.1, 0.15) is 41.5 Å². The summed E-state index contributed by atoms with van der Waals surface area (Å²) in [6.45, 7) is 3.61. The van der Waals surface area contributed by atoms with Crippen molar-refractivity contribution in [2.75, 3.05) is 0 Å².